The molecule has 114 valence electrons. The molecule has 0 bridgehead atoms. The summed E-state index contributed by atoms with van der Waals surface area (Å²) in [7, 11) is 1.32. The van der Waals surface area contributed by atoms with Gasteiger partial charge in [0.15, 0.2) is 6.10 Å². The average Bonchev–Trinajstić information content (AvgIpc) is 2.55. The number of hydrogen-bond acceptors (Lipinski definition) is 4. The molecule has 1 fully saturated rings. The zero-order chi connectivity index (χ0) is 15.2. The van der Waals surface area contributed by atoms with E-state index in [9.17, 15) is 9.59 Å². The van der Waals surface area contributed by atoms with Crippen LogP contribution in [0.4, 0.5) is 0 Å². The van der Waals surface area contributed by atoms with Gasteiger partial charge in [0.25, 0.3) is 0 Å². The summed E-state index contributed by atoms with van der Waals surface area (Å²) in [6.07, 6.45) is 0.0456. The van der Waals surface area contributed by atoms with E-state index in [0.717, 1.165) is 12.0 Å². The minimum atomic E-state index is -0.680. The van der Waals surface area contributed by atoms with Gasteiger partial charge in [-0.3, -0.25) is 4.79 Å². The second-order valence-corrected chi connectivity index (χ2v) is 5.04. The predicted octanol–water partition coefficient (Wildman–Crippen LogP) is 1.58. The largest absolute Gasteiger partial charge is 0.467 e. The van der Waals surface area contributed by atoms with Crippen molar-refractivity contribution in [3.8, 4) is 0 Å². The fourth-order valence-electron chi connectivity index (χ4n) is 2.58. The number of amides is 1. The van der Waals surface area contributed by atoms with Crippen molar-refractivity contribution in [1.82, 2.24) is 4.90 Å². The molecule has 5 nitrogen and oxygen atoms in total. The Bertz CT molecular complexity index is 488. The fraction of sp³-hybridized carbons (Fsp3) is 0.500. The first-order chi connectivity index (χ1) is 10.2. The van der Waals surface area contributed by atoms with Crippen LogP contribution in [0.3, 0.4) is 0 Å². The second kappa shape index (κ2) is 7.22. The van der Waals surface area contributed by atoms with E-state index >= 15 is 0 Å². The Labute approximate surface area is 124 Å². The number of carbonyl (C=O) groups excluding carboxylic acids is 2. The molecule has 1 amide bonds. The van der Waals surface area contributed by atoms with E-state index in [1.165, 1.54) is 7.11 Å². The molecule has 1 aliphatic heterocycles. The van der Waals surface area contributed by atoms with Gasteiger partial charge in [0.05, 0.1) is 26.2 Å². The number of ether oxygens (including phenoxy) is 2. The molecule has 5 heteroatoms. The van der Waals surface area contributed by atoms with Gasteiger partial charge in [0, 0.05) is 6.54 Å². The van der Waals surface area contributed by atoms with Crippen molar-refractivity contribution < 1.29 is 19.1 Å². The highest BCUT2D eigenvalue weighted by Crippen LogP contribution is 2.23. The third-order valence-corrected chi connectivity index (χ3v) is 3.75. The van der Waals surface area contributed by atoms with Crippen molar-refractivity contribution in [1.29, 1.82) is 0 Å². The lowest BCUT2D eigenvalue weighted by atomic mass is 9.94. The number of methoxy groups -OCH3 is 1. The van der Waals surface area contributed by atoms with Crippen LogP contribution in [0.15, 0.2) is 30.3 Å². The van der Waals surface area contributed by atoms with E-state index in [1.54, 1.807) is 4.90 Å². The fourth-order valence-corrected chi connectivity index (χ4v) is 2.58. The third kappa shape index (κ3) is 3.61. The van der Waals surface area contributed by atoms with Crippen LogP contribution in [0.5, 0.6) is 0 Å². The van der Waals surface area contributed by atoms with Crippen molar-refractivity contribution >= 4 is 11.9 Å². The Morgan fingerprint density at radius 3 is 2.71 bits per heavy atom. The molecule has 0 saturated carbocycles. The van der Waals surface area contributed by atoms with E-state index in [4.69, 9.17) is 4.74 Å². The number of esters is 1. The minimum absolute atomic E-state index is 0.0425. The first-order valence-electron chi connectivity index (χ1n) is 7.20. The molecule has 0 aliphatic carbocycles. The normalized spacial score (nSPS) is 19.9. The highest BCUT2D eigenvalue weighted by atomic mass is 16.6. The van der Waals surface area contributed by atoms with E-state index in [1.807, 2.05) is 37.3 Å². The van der Waals surface area contributed by atoms with Crippen LogP contribution in [-0.2, 0) is 19.1 Å². The minimum Gasteiger partial charge on any atom is -0.467 e. The second-order valence-electron chi connectivity index (χ2n) is 5.04. The molecule has 1 aromatic carbocycles. The Hall–Kier alpha value is -1.88. The Balaban J connectivity index is 2.09. The number of carbonyl (C=O) groups is 2. The first-order valence-corrected chi connectivity index (χ1v) is 7.20. The summed E-state index contributed by atoms with van der Waals surface area (Å²) >= 11 is 0. The topological polar surface area (TPSA) is 55.8 Å². The summed E-state index contributed by atoms with van der Waals surface area (Å²) < 4.78 is 10.0. The van der Waals surface area contributed by atoms with Crippen molar-refractivity contribution in [2.45, 2.75) is 25.4 Å². The number of hydrogen-bond donors (Lipinski definition) is 0. The molecular formula is C16H21NO4. The molecule has 2 unspecified atom stereocenters. The van der Waals surface area contributed by atoms with Crippen LogP contribution in [0.1, 0.15) is 24.8 Å². The Kier molecular flexibility index (Phi) is 5.33. The molecule has 1 aromatic rings. The molecular weight excluding hydrogens is 270 g/mol. The third-order valence-electron chi connectivity index (χ3n) is 3.75. The number of benzene rings is 1. The lowest BCUT2D eigenvalue weighted by molar-refractivity contribution is -0.162. The molecule has 1 saturated heterocycles. The lowest BCUT2D eigenvalue weighted by Crippen LogP contribution is -2.50. The predicted molar refractivity (Wildman–Crippen MR) is 77.8 cm³/mol. The van der Waals surface area contributed by atoms with Gasteiger partial charge in [0.2, 0.25) is 5.91 Å². The molecule has 0 N–H and O–H groups in total. The molecule has 2 atom stereocenters. The quantitative estimate of drug-likeness (QED) is 0.790. The highest BCUT2D eigenvalue weighted by molar-refractivity contribution is 5.85. The summed E-state index contributed by atoms with van der Waals surface area (Å²) in [5.74, 6) is -0.566. The van der Waals surface area contributed by atoms with E-state index in [0.29, 0.717) is 13.2 Å². The molecule has 1 aliphatic rings. The summed E-state index contributed by atoms with van der Waals surface area (Å²) in [4.78, 5) is 26.0. The summed E-state index contributed by atoms with van der Waals surface area (Å²) in [6.45, 7) is 3.12. The molecule has 21 heavy (non-hydrogen) atoms. The standard InChI is InChI=1S/C16H21NO4/c1-3-13(12-7-5-4-6-8-12)15(18)17-9-10-21-14(11-17)16(19)20-2/h4-8,13-14H,3,9-11H2,1-2H3. The summed E-state index contributed by atoms with van der Waals surface area (Å²) in [6, 6.07) is 9.72. The average molecular weight is 291 g/mol. The van der Waals surface area contributed by atoms with Crippen molar-refractivity contribution in [3.63, 3.8) is 0 Å². The maximum absolute atomic E-state index is 12.7. The Morgan fingerprint density at radius 2 is 2.10 bits per heavy atom. The Morgan fingerprint density at radius 1 is 1.38 bits per heavy atom. The zero-order valence-corrected chi connectivity index (χ0v) is 12.5. The van der Waals surface area contributed by atoms with Gasteiger partial charge in [-0.05, 0) is 12.0 Å². The van der Waals surface area contributed by atoms with E-state index < -0.39 is 12.1 Å². The van der Waals surface area contributed by atoms with Gasteiger partial charge < -0.3 is 14.4 Å². The van der Waals surface area contributed by atoms with Gasteiger partial charge in [0.1, 0.15) is 0 Å². The van der Waals surface area contributed by atoms with Gasteiger partial charge in [-0.15, -0.1) is 0 Å². The van der Waals surface area contributed by atoms with E-state index in [-0.39, 0.29) is 18.4 Å². The smallest absolute Gasteiger partial charge is 0.336 e. The number of nitrogens with zero attached hydrogens (tertiary/aromatic N) is 1. The van der Waals surface area contributed by atoms with Crippen molar-refractivity contribution in [2.24, 2.45) is 0 Å². The van der Waals surface area contributed by atoms with Gasteiger partial charge in [-0.2, -0.15) is 0 Å². The maximum atomic E-state index is 12.7. The van der Waals surface area contributed by atoms with Gasteiger partial charge >= 0.3 is 5.97 Å². The summed E-state index contributed by atoms with van der Waals surface area (Å²) in [5, 5.41) is 0. The van der Waals surface area contributed by atoms with Crippen molar-refractivity contribution in [3.05, 3.63) is 35.9 Å². The molecule has 0 spiro atoms. The van der Waals surface area contributed by atoms with Crippen LogP contribution >= 0.6 is 0 Å². The van der Waals surface area contributed by atoms with E-state index in [2.05, 4.69) is 4.74 Å². The van der Waals surface area contributed by atoms with Gasteiger partial charge in [-0.1, -0.05) is 37.3 Å². The van der Waals surface area contributed by atoms with Crippen LogP contribution in [0, 0.1) is 0 Å². The molecule has 1 heterocycles. The maximum Gasteiger partial charge on any atom is 0.336 e. The number of morpholine rings is 1. The zero-order valence-electron chi connectivity index (χ0n) is 12.5. The summed E-state index contributed by atoms with van der Waals surface area (Å²) in [5.41, 5.74) is 1.01. The molecule has 0 radical (unpaired) electrons. The SMILES string of the molecule is CCC(C(=O)N1CCOC(C(=O)OC)C1)c1ccccc1. The molecule has 2 rings (SSSR count). The van der Waals surface area contributed by atoms with Crippen LogP contribution in [0.2, 0.25) is 0 Å². The number of rotatable bonds is 4. The molecule has 0 aromatic heterocycles. The monoisotopic (exact) mass is 291 g/mol. The highest BCUT2D eigenvalue weighted by Gasteiger charge is 2.32. The van der Waals surface area contributed by atoms with Crippen LogP contribution in [0.25, 0.3) is 0 Å². The van der Waals surface area contributed by atoms with Crippen molar-refractivity contribution in [2.75, 3.05) is 26.8 Å². The first kappa shape index (κ1) is 15.5. The van der Waals surface area contributed by atoms with Crippen LogP contribution in [-0.4, -0.2) is 49.7 Å². The lowest BCUT2D eigenvalue weighted by Gasteiger charge is -2.33. The van der Waals surface area contributed by atoms with Crippen LogP contribution < -0.4 is 0 Å². The van der Waals surface area contributed by atoms with Gasteiger partial charge in [-0.25, -0.2) is 4.79 Å².